The lowest BCUT2D eigenvalue weighted by Crippen LogP contribution is -2.73. The number of carbonyl (C=O) groups is 3. The second kappa shape index (κ2) is 9.56. The van der Waals surface area contributed by atoms with Crippen LogP contribution in [-0.2, 0) is 16.1 Å². The molecule has 3 saturated heterocycles. The van der Waals surface area contributed by atoms with Crippen LogP contribution in [0.1, 0.15) is 72.3 Å². The summed E-state index contributed by atoms with van der Waals surface area (Å²) < 4.78 is 12.2. The van der Waals surface area contributed by atoms with Crippen molar-refractivity contribution in [3.05, 3.63) is 65.2 Å². The highest BCUT2D eigenvalue weighted by Crippen LogP contribution is 2.49. The van der Waals surface area contributed by atoms with Crippen LogP contribution in [0.15, 0.2) is 48.5 Å². The number of hydrogen-bond acceptors (Lipinski definition) is 5. The molecule has 4 heterocycles. The van der Waals surface area contributed by atoms with Gasteiger partial charge in [-0.3, -0.25) is 29.5 Å². The van der Waals surface area contributed by atoms with Gasteiger partial charge in [-0.2, -0.15) is 0 Å². The van der Waals surface area contributed by atoms with Crippen molar-refractivity contribution in [1.82, 2.24) is 15.1 Å². The molecule has 3 amide bonds. The number of nitrogens with one attached hydrogen (secondary N) is 1. The van der Waals surface area contributed by atoms with Gasteiger partial charge in [0.15, 0.2) is 5.75 Å². The maximum absolute atomic E-state index is 12.5. The summed E-state index contributed by atoms with van der Waals surface area (Å²) >= 11 is 0. The average molecular weight is 506 g/mol. The Kier molecular flexibility index (Phi) is 6.23. The molecule has 2 aromatic carbocycles. The summed E-state index contributed by atoms with van der Waals surface area (Å²) in [6.45, 7) is 2.85. The smallest absolute Gasteiger partial charge is 0.255 e. The molecular formula is C29H32FN3O4. The topological polar surface area (TPSA) is 79.0 Å². The Morgan fingerprint density at radius 2 is 1.70 bits per heavy atom. The molecule has 0 aromatic heterocycles. The molecule has 1 unspecified atom stereocenters. The number of rotatable bonds is 4. The number of halogens is 1. The van der Waals surface area contributed by atoms with E-state index in [1.807, 2.05) is 0 Å². The van der Waals surface area contributed by atoms with Crippen LogP contribution in [0, 0.1) is 5.92 Å². The normalized spacial score (nSPS) is 28.9. The van der Waals surface area contributed by atoms with E-state index in [0.29, 0.717) is 24.0 Å². The number of likely N-dealkylation sites (tertiary alicyclic amines) is 1. The summed E-state index contributed by atoms with van der Waals surface area (Å²) in [5.41, 5.74) is 1.67. The van der Waals surface area contributed by atoms with Gasteiger partial charge in [0.25, 0.3) is 11.8 Å². The predicted molar refractivity (Wildman–Crippen MR) is 134 cm³/mol. The molecule has 5 fully saturated rings. The third-order valence-corrected chi connectivity index (χ3v) is 9.02. The minimum absolute atomic E-state index is 0.0238. The van der Waals surface area contributed by atoms with Crippen molar-refractivity contribution in [3.63, 3.8) is 0 Å². The number of benzene rings is 2. The Bertz CT molecular complexity index is 1210. The molecule has 1 N–H and O–H groups in total. The molecule has 37 heavy (non-hydrogen) atoms. The van der Waals surface area contributed by atoms with Crippen molar-refractivity contribution in [3.8, 4) is 5.75 Å². The number of amides is 3. The summed E-state index contributed by atoms with van der Waals surface area (Å²) in [6.07, 6.45) is 7.89. The van der Waals surface area contributed by atoms with Crippen molar-refractivity contribution >= 4 is 17.7 Å². The van der Waals surface area contributed by atoms with E-state index in [1.54, 1.807) is 5.56 Å². The van der Waals surface area contributed by atoms with Crippen molar-refractivity contribution in [1.29, 1.82) is 0 Å². The SMILES string of the molecule is O=C1NC(=O)C2(N3Cc4cc(OF)ccc4C3=O)CC1C2.c1ccc(C2CCN(C3CCCC3)C2)cc1. The monoisotopic (exact) mass is 505 g/mol. The maximum atomic E-state index is 12.5. The Morgan fingerprint density at radius 1 is 0.946 bits per heavy atom. The fourth-order valence-electron chi connectivity index (χ4n) is 6.88. The number of fused-ring (bicyclic) bond motifs is 3. The van der Waals surface area contributed by atoms with E-state index in [1.165, 1.54) is 68.3 Å². The van der Waals surface area contributed by atoms with Gasteiger partial charge >= 0.3 is 0 Å². The number of piperidine rings is 2. The number of hydrogen-bond donors (Lipinski definition) is 1. The highest BCUT2D eigenvalue weighted by Gasteiger charge is 2.62. The first kappa shape index (κ1) is 24.1. The molecule has 0 radical (unpaired) electrons. The van der Waals surface area contributed by atoms with E-state index < -0.39 is 11.4 Å². The van der Waals surface area contributed by atoms with Crippen LogP contribution in [0.2, 0.25) is 0 Å². The van der Waals surface area contributed by atoms with Crippen molar-refractivity contribution in [2.75, 3.05) is 13.1 Å². The van der Waals surface area contributed by atoms with Crippen LogP contribution in [0.25, 0.3) is 0 Å². The van der Waals surface area contributed by atoms with Gasteiger partial charge in [0, 0.05) is 35.1 Å². The van der Waals surface area contributed by atoms with E-state index >= 15 is 0 Å². The fraction of sp³-hybridized carbons (Fsp3) is 0.483. The molecule has 6 aliphatic rings. The van der Waals surface area contributed by atoms with E-state index in [0.717, 1.165) is 12.0 Å². The summed E-state index contributed by atoms with van der Waals surface area (Å²) in [5, 5.41) is 2.31. The molecule has 2 aliphatic carbocycles. The molecule has 0 spiro atoms. The number of nitrogens with zero attached hydrogens (tertiary/aromatic N) is 2. The zero-order valence-corrected chi connectivity index (χ0v) is 20.8. The maximum Gasteiger partial charge on any atom is 0.255 e. The summed E-state index contributed by atoms with van der Waals surface area (Å²) in [6, 6.07) is 16.3. The Balaban J connectivity index is 0.000000141. The van der Waals surface area contributed by atoms with Crippen LogP contribution in [-0.4, -0.2) is 52.2 Å². The first-order valence-corrected chi connectivity index (χ1v) is 13.4. The average Bonchev–Trinajstić information content (AvgIpc) is 3.65. The first-order chi connectivity index (χ1) is 18.0. The molecule has 8 rings (SSSR count). The largest absolute Gasteiger partial charge is 0.319 e. The minimum Gasteiger partial charge on any atom is -0.319 e. The van der Waals surface area contributed by atoms with Gasteiger partial charge in [-0.1, -0.05) is 43.2 Å². The van der Waals surface area contributed by atoms with Gasteiger partial charge in [-0.15, -0.1) is 0 Å². The zero-order valence-electron chi connectivity index (χ0n) is 20.8. The van der Waals surface area contributed by atoms with Gasteiger partial charge in [0.2, 0.25) is 5.91 Å². The van der Waals surface area contributed by atoms with Crippen LogP contribution in [0.5, 0.6) is 5.75 Å². The standard InChI is InChI=1S/C15H21N.C14H11FN2O4/c1-2-6-13(7-3-1)14-10-11-16(12-14)15-8-4-5-9-15;15-21-9-1-2-10-7(3-9)6-17(12(10)19)14-4-8(5-14)11(18)16-13(14)20/h1-3,6-7,14-15H,4-5,8-12H2;1-3,8H,4-6H2,(H,16,18,20). The summed E-state index contributed by atoms with van der Waals surface area (Å²) in [7, 11) is 0. The molecule has 7 nitrogen and oxygen atoms in total. The zero-order chi connectivity index (χ0) is 25.6. The Hall–Kier alpha value is -3.26. The Morgan fingerprint density at radius 3 is 2.41 bits per heavy atom. The lowest BCUT2D eigenvalue weighted by Gasteiger charge is -2.53. The second-order valence-corrected chi connectivity index (χ2v) is 11.1. The molecular weight excluding hydrogens is 473 g/mol. The first-order valence-electron chi connectivity index (χ1n) is 13.4. The van der Waals surface area contributed by atoms with Crippen LogP contribution < -0.4 is 10.3 Å². The van der Waals surface area contributed by atoms with E-state index in [9.17, 15) is 18.9 Å². The second-order valence-electron chi connectivity index (χ2n) is 11.1. The van der Waals surface area contributed by atoms with Crippen LogP contribution in [0.3, 0.4) is 0 Å². The van der Waals surface area contributed by atoms with E-state index in [4.69, 9.17) is 0 Å². The molecule has 8 heteroatoms. The van der Waals surface area contributed by atoms with E-state index in [2.05, 4.69) is 45.5 Å². The molecule has 2 saturated carbocycles. The number of carbonyl (C=O) groups excluding carboxylic acids is 3. The van der Waals surface area contributed by atoms with Crippen molar-refractivity contribution < 1.29 is 23.9 Å². The van der Waals surface area contributed by atoms with Gasteiger partial charge < -0.3 is 4.90 Å². The third-order valence-electron chi connectivity index (χ3n) is 9.02. The van der Waals surface area contributed by atoms with Crippen molar-refractivity contribution in [2.45, 2.75) is 69.0 Å². The quantitative estimate of drug-likeness (QED) is 0.633. The Labute approximate surface area is 215 Å². The van der Waals surface area contributed by atoms with E-state index in [-0.39, 0.29) is 30.0 Å². The van der Waals surface area contributed by atoms with Crippen LogP contribution in [0.4, 0.5) is 4.53 Å². The van der Waals surface area contributed by atoms with Gasteiger partial charge in [-0.05, 0) is 73.9 Å². The molecule has 4 aliphatic heterocycles. The minimum atomic E-state index is -0.939. The predicted octanol–water partition coefficient (Wildman–Crippen LogP) is 4.13. The van der Waals surface area contributed by atoms with Crippen molar-refractivity contribution in [2.24, 2.45) is 5.92 Å². The van der Waals surface area contributed by atoms with Gasteiger partial charge in [0.1, 0.15) is 5.54 Å². The molecule has 194 valence electrons. The van der Waals surface area contributed by atoms with Gasteiger partial charge in [-0.25, -0.2) is 0 Å². The molecule has 2 aromatic rings. The lowest BCUT2D eigenvalue weighted by atomic mass is 9.63. The lowest BCUT2D eigenvalue weighted by molar-refractivity contribution is -0.160. The fourth-order valence-corrected chi connectivity index (χ4v) is 6.88. The number of imide groups is 1. The summed E-state index contributed by atoms with van der Waals surface area (Å²) in [5.74, 6) is -0.336. The molecule has 1 atom stereocenters. The summed E-state index contributed by atoms with van der Waals surface area (Å²) in [4.78, 5) is 44.0. The highest BCUT2D eigenvalue weighted by atomic mass is 19.3. The highest BCUT2D eigenvalue weighted by molar-refractivity contribution is 6.10. The molecule has 2 bridgehead atoms. The van der Waals surface area contributed by atoms with Gasteiger partial charge in [0.05, 0.1) is 0 Å². The third kappa shape index (κ3) is 4.21. The van der Waals surface area contributed by atoms with Crippen LogP contribution >= 0.6 is 0 Å².